The average molecular weight is 499 g/mol. The van der Waals surface area contributed by atoms with Gasteiger partial charge in [-0.3, -0.25) is 14.9 Å². The van der Waals surface area contributed by atoms with Crippen molar-refractivity contribution in [1.29, 1.82) is 0 Å². The molecule has 32 heavy (non-hydrogen) atoms. The zero-order valence-electron chi connectivity index (χ0n) is 16.9. The Morgan fingerprint density at radius 2 is 1.62 bits per heavy atom. The molecule has 0 heterocycles. The number of benzene rings is 3. The molecule has 0 bridgehead atoms. The molecule has 2 unspecified atom stereocenters. The number of nitro groups is 1. The highest BCUT2D eigenvalue weighted by molar-refractivity contribution is 9.10. The summed E-state index contributed by atoms with van der Waals surface area (Å²) in [6.07, 6.45) is -2.21. The van der Waals surface area contributed by atoms with Crippen LogP contribution in [0.3, 0.4) is 0 Å². The van der Waals surface area contributed by atoms with E-state index in [1.165, 1.54) is 25.1 Å². The van der Waals surface area contributed by atoms with Crippen LogP contribution in [0.5, 0.6) is 5.75 Å². The van der Waals surface area contributed by atoms with Crippen molar-refractivity contribution in [2.45, 2.75) is 19.1 Å². The Morgan fingerprint density at radius 3 is 2.22 bits per heavy atom. The van der Waals surface area contributed by atoms with E-state index < -0.39 is 29.0 Å². The molecule has 0 saturated carbocycles. The highest BCUT2D eigenvalue weighted by atomic mass is 79.9. The Balaban J connectivity index is 1.78. The Kier molecular flexibility index (Phi) is 7.56. The van der Waals surface area contributed by atoms with Crippen LogP contribution in [0.15, 0.2) is 83.3 Å². The number of nitrogens with zero attached hydrogens (tertiary/aromatic N) is 1. The van der Waals surface area contributed by atoms with Crippen molar-refractivity contribution in [3.63, 3.8) is 0 Å². The predicted molar refractivity (Wildman–Crippen MR) is 121 cm³/mol. The lowest BCUT2D eigenvalue weighted by atomic mass is 10.1. The summed E-state index contributed by atoms with van der Waals surface area (Å²) in [6.45, 7) is 1.53. The molecule has 0 radical (unpaired) electrons. The van der Waals surface area contributed by atoms with Crippen LogP contribution in [0.4, 0.5) is 11.4 Å². The van der Waals surface area contributed by atoms with Crippen LogP contribution in [0.1, 0.15) is 18.6 Å². The summed E-state index contributed by atoms with van der Waals surface area (Å²) >= 11 is 3.21. The van der Waals surface area contributed by atoms with Gasteiger partial charge in [-0.05, 0) is 41.1 Å². The fourth-order valence-electron chi connectivity index (χ4n) is 2.78. The maximum atomic E-state index is 13.0. The first-order valence-electron chi connectivity index (χ1n) is 9.57. The number of anilines is 1. The first kappa shape index (κ1) is 23.0. The zero-order valence-corrected chi connectivity index (χ0v) is 18.5. The molecule has 0 aliphatic heterocycles. The molecule has 1 amide bonds. The van der Waals surface area contributed by atoms with Gasteiger partial charge in [-0.1, -0.05) is 48.5 Å². The summed E-state index contributed by atoms with van der Waals surface area (Å²) in [5.41, 5.74) is 0.627. The summed E-state index contributed by atoms with van der Waals surface area (Å²) in [5.74, 6) is -0.848. The number of halogens is 1. The zero-order chi connectivity index (χ0) is 23.1. The van der Waals surface area contributed by atoms with E-state index in [-0.39, 0.29) is 5.69 Å². The third-order valence-corrected chi connectivity index (χ3v) is 5.04. The molecule has 3 rings (SSSR count). The molecule has 3 aromatic rings. The van der Waals surface area contributed by atoms with Crippen molar-refractivity contribution < 1.29 is 24.0 Å². The van der Waals surface area contributed by atoms with Gasteiger partial charge < -0.3 is 14.8 Å². The number of carbonyl (C=O) groups is 2. The number of hydrogen-bond acceptors (Lipinski definition) is 6. The summed E-state index contributed by atoms with van der Waals surface area (Å²) in [6, 6.07) is 21.2. The van der Waals surface area contributed by atoms with Gasteiger partial charge in [0, 0.05) is 22.2 Å². The van der Waals surface area contributed by atoms with Crippen LogP contribution in [0.25, 0.3) is 0 Å². The van der Waals surface area contributed by atoms with E-state index >= 15 is 0 Å². The quantitative estimate of drug-likeness (QED) is 0.264. The second-order valence-corrected chi connectivity index (χ2v) is 7.57. The third-order valence-electron chi connectivity index (χ3n) is 4.38. The summed E-state index contributed by atoms with van der Waals surface area (Å²) in [5, 5.41) is 13.6. The number of nitro benzene ring substituents is 1. The molecule has 1 N–H and O–H groups in total. The van der Waals surface area contributed by atoms with E-state index in [1.807, 2.05) is 6.07 Å². The molecule has 164 valence electrons. The van der Waals surface area contributed by atoms with E-state index in [0.29, 0.717) is 21.5 Å². The Hall–Kier alpha value is -3.72. The largest absolute Gasteiger partial charge is 0.479 e. The minimum Gasteiger partial charge on any atom is -0.479 e. The lowest BCUT2D eigenvalue weighted by molar-refractivity contribution is -0.384. The predicted octanol–water partition coefficient (Wildman–Crippen LogP) is 5.05. The molecule has 0 fully saturated rings. The van der Waals surface area contributed by atoms with Crippen molar-refractivity contribution in [2.75, 3.05) is 5.32 Å². The summed E-state index contributed by atoms with van der Waals surface area (Å²) in [4.78, 5) is 36.1. The standard InChI is InChI=1S/C23H19BrN2O6/c1-15(31-18-10-6-3-7-11-18)23(28)32-21(16-8-4-2-5-9-16)22(27)25-20-13-12-17(26(29)30)14-19(20)24/h2-15,21H,1H3,(H,25,27). The van der Waals surface area contributed by atoms with Gasteiger partial charge in [0.2, 0.25) is 6.10 Å². The fraction of sp³-hybridized carbons (Fsp3) is 0.130. The minimum atomic E-state index is -1.26. The van der Waals surface area contributed by atoms with Gasteiger partial charge in [-0.2, -0.15) is 0 Å². The topological polar surface area (TPSA) is 108 Å². The average Bonchev–Trinajstić information content (AvgIpc) is 2.79. The summed E-state index contributed by atoms with van der Waals surface area (Å²) < 4.78 is 11.4. The van der Waals surface area contributed by atoms with Crippen LogP contribution in [0.2, 0.25) is 0 Å². The molecule has 9 heteroatoms. The van der Waals surface area contributed by atoms with Gasteiger partial charge in [0.25, 0.3) is 11.6 Å². The highest BCUT2D eigenvalue weighted by Crippen LogP contribution is 2.29. The first-order chi connectivity index (χ1) is 15.3. The SMILES string of the molecule is CC(Oc1ccccc1)C(=O)OC(C(=O)Nc1ccc([N+](=O)[O-])cc1Br)c1ccccc1. The Morgan fingerprint density at radius 1 is 1.00 bits per heavy atom. The van der Waals surface area contributed by atoms with Crippen LogP contribution in [0, 0.1) is 10.1 Å². The molecule has 0 saturated heterocycles. The molecular weight excluding hydrogens is 480 g/mol. The number of ether oxygens (including phenoxy) is 2. The molecule has 0 aromatic heterocycles. The second-order valence-electron chi connectivity index (χ2n) is 6.71. The number of non-ortho nitro benzene ring substituents is 1. The van der Waals surface area contributed by atoms with E-state index in [9.17, 15) is 19.7 Å². The number of hydrogen-bond donors (Lipinski definition) is 1. The van der Waals surface area contributed by atoms with Gasteiger partial charge in [0.15, 0.2) is 6.10 Å². The minimum absolute atomic E-state index is 0.132. The maximum Gasteiger partial charge on any atom is 0.348 e. The van der Waals surface area contributed by atoms with Gasteiger partial charge >= 0.3 is 5.97 Å². The molecular formula is C23H19BrN2O6. The van der Waals surface area contributed by atoms with E-state index in [4.69, 9.17) is 9.47 Å². The van der Waals surface area contributed by atoms with Crippen molar-refractivity contribution in [2.24, 2.45) is 0 Å². The molecule has 0 aliphatic carbocycles. The lowest BCUT2D eigenvalue weighted by Crippen LogP contribution is -2.32. The van der Waals surface area contributed by atoms with Crippen molar-refractivity contribution in [3.05, 3.63) is 99.0 Å². The van der Waals surface area contributed by atoms with Gasteiger partial charge in [-0.15, -0.1) is 0 Å². The Bertz CT molecular complexity index is 1110. The fourth-order valence-corrected chi connectivity index (χ4v) is 3.25. The van der Waals surface area contributed by atoms with Crippen LogP contribution < -0.4 is 10.1 Å². The number of carbonyl (C=O) groups excluding carboxylic acids is 2. The highest BCUT2D eigenvalue weighted by Gasteiger charge is 2.29. The van der Waals surface area contributed by atoms with E-state index in [2.05, 4.69) is 21.2 Å². The summed E-state index contributed by atoms with van der Waals surface area (Å²) in [7, 11) is 0. The van der Waals surface area contributed by atoms with Crippen LogP contribution >= 0.6 is 15.9 Å². The van der Waals surface area contributed by atoms with Crippen LogP contribution in [-0.2, 0) is 14.3 Å². The van der Waals surface area contributed by atoms with E-state index in [0.717, 1.165) is 0 Å². The van der Waals surface area contributed by atoms with Crippen molar-refractivity contribution in [3.8, 4) is 5.75 Å². The number of rotatable bonds is 8. The maximum absolute atomic E-state index is 13.0. The number of nitrogens with one attached hydrogen (secondary N) is 1. The number of esters is 1. The third kappa shape index (κ3) is 5.92. The Labute approximate surface area is 192 Å². The van der Waals surface area contributed by atoms with Crippen molar-refractivity contribution >= 4 is 39.2 Å². The number of amides is 1. The van der Waals surface area contributed by atoms with Crippen molar-refractivity contribution in [1.82, 2.24) is 0 Å². The molecule has 8 nitrogen and oxygen atoms in total. The molecule has 2 atom stereocenters. The van der Waals surface area contributed by atoms with Gasteiger partial charge in [-0.25, -0.2) is 4.79 Å². The second kappa shape index (κ2) is 10.5. The van der Waals surface area contributed by atoms with Gasteiger partial charge in [0.05, 0.1) is 10.6 Å². The first-order valence-corrected chi connectivity index (χ1v) is 10.4. The van der Waals surface area contributed by atoms with Gasteiger partial charge in [0.1, 0.15) is 5.75 Å². The smallest absolute Gasteiger partial charge is 0.348 e. The molecule has 0 spiro atoms. The molecule has 3 aromatic carbocycles. The van der Waals surface area contributed by atoms with Crippen LogP contribution in [-0.4, -0.2) is 22.9 Å². The van der Waals surface area contributed by atoms with E-state index in [1.54, 1.807) is 54.6 Å². The lowest BCUT2D eigenvalue weighted by Gasteiger charge is -2.21. The monoisotopic (exact) mass is 498 g/mol. The molecule has 0 aliphatic rings. The number of para-hydroxylation sites is 1. The normalized spacial score (nSPS) is 12.3.